The minimum absolute atomic E-state index is 0.0708. The molecule has 0 aliphatic heterocycles. The van der Waals surface area contributed by atoms with Gasteiger partial charge in [0.05, 0.1) is 0 Å². The van der Waals surface area contributed by atoms with Gasteiger partial charge < -0.3 is 14.2 Å². The van der Waals surface area contributed by atoms with Gasteiger partial charge in [-0.1, -0.05) is 379 Å². The SMILES string of the molecule is CCCCC/C=C\C/C=C\CCCCCCCC(=O)OC(COC(=O)CCCCCCCCCCCCCCCCC)COC(=O)CCCCCCCCCCCCCCCCCCCCCCCCCCCCCCCCCCCC. The molecule has 6 heteroatoms. The van der Waals surface area contributed by atoms with E-state index in [-0.39, 0.29) is 31.1 Å². The molecule has 0 aromatic rings. The molecular formula is C76H144O6. The molecule has 0 rings (SSSR count). The van der Waals surface area contributed by atoms with Crippen molar-refractivity contribution in [2.24, 2.45) is 0 Å². The van der Waals surface area contributed by atoms with E-state index in [1.807, 2.05) is 0 Å². The van der Waals surface area contributed by atoms with Crippen molar-refractivity contribution in [1.82, 2.24) is 0 Å². The Labute approximate surface area is 513 Å². The lowest BCUT2D eigenvalue weighted by atomic mass is 10.0. The number of hydrogen-bond acceptors (Lipinski definition) is 6. The van der Waals surface area contributed by atoms with Crippen LogP contribution in [0.5, 0.6) is 0 Å². The van der Waals surface area contributed by atoms with Gasteiger partial charge in [0, 0.05) is 19.3 Å². The van der Waals surface area contributed by atoms with E-state index >= 15 is 0 Å². The third kappa shape index (κ3) is 68.7. The number of hydrogen-bond donors (Lipinski definition) is 0. The van der Waals surface area contributed by atoms with Crippen molar-refractivity contribution in [3.8, 4) is 0 Å². The average Bonchev–Trinajstić information content (AvgIpc) is 3.47. The van der Waals surface area contributed by atoms with E-state index in [1.54, 1.807) is 0 Å². The van der Waals surface area contributed by atoms with Crippen LogP contribution in [-0.4, -0.2) is 37.2 Å². The molecule has 0 aromatic carbocycles. The highest BCUT2D eigenvalue weighted by molar-refractivity contribution is 5.71. The number of rotatable bonds is 70. The molecule has 0 saturated heterocycles. The van der Waals surface area contributed by atoms with Crippen LogP contribution in [0, 0.1) is 0 Å². The Balaban J connectivity index is 4.07. The van der Waals surface area contributed by atoms with Crippen LogP contribution in [0.1, 0.15) is 425 Å². The zero-order valence-corrected chi connectivity index (χ0v) is 55.8. The van der Waals surface area contributed by atoms with Gasteiger partial charge in [-0.25, -0.2) is 0 Å². The predicted octanol–water partition coefficient (Wildman–Crippen LogP) is 25.7. The number of unbranched alkanes of at least 4 members (excludes halogenated alkanes) is 55. The molecule has 0 fully saturated rings. The highest BCUT2D eigenvalue weighted by Gasteiger charge is 2.20. The van der Waals surface area contributed by atoms with E-state index < -0.39 is 6.10 Å². The minimum atomic E-state index is -0.776. The molecule has 1 atom stereocenters. The molecule has 0 N–H and O–H groups in total. The third-order valence-corrected chi connectivity index (χ3v) is 17.2. The zero-order chi connectivity index (χ0) is 59.2. The van der Waals surface area contributed by atoms with E-state index in [2.05, 4.69) is 45.1 Å². The van der Waals surface area contributed by atoms with Gasteiger partial charge in [-0.2, -0.15) is 0 Å². The Bertz CT molecular complexity index is 1320. The molecule has 484 valence electrons. The van der Waals surface area contributed by atoms with Crippen LogP contribution in [0.4, 0.5) is 0 Å². The van der Waals surface area contributed by atoms with Gasteiger partial charge in [0.2, 0.25) is 0 Å². The predicted molar refractivity (Wildman–Crippen MR) is 358 cm³/mol. The second-order valence-electron chi connectivity index (χ2n) is 25.6. The number of esters is 3. The molecule has 0 bridgehead atoms. The fraction of sp³-hybridized carbons (Fsp3) is 0.908. The van der Waals surface area contributed by atoms with Crippen molar-refractivity contribution in [1.29, 1.82) is 0 Å². The summed E-state index contributed by atoms with van der Waals surface area (Å²) in [6, 6.07) is 0. The summed E-state index contributed by atoms with van der Waals surface area (Å²) in [5.41, 5.74) is 0. The highest BCUT2D eigenvalue weighted by Crippen LogP contribution is 2.19. The van der Waals surface area contributed by atoms with Crippen LogP contribution in [0.2, 0.25) is 0 Å². The Morgan fingerprint density at radius 3 is 0.695 bits per heavy atom. The number of carbonyl (C=O) groups is 3. The van der Waals surface area contributed by atoms with E-state index in [9.17, 15) is 14.4 Å². The fourth-order valence-electron chi connectivity index (χ4n) is 11.6. The maximum atomic E-state index is 12.9. The molecule has 0 spiro atoms. The molecule has 0 radical (unpaired) electrons. The van der Waals surface area contributed by atoms with Gasteiger partial charge in [-0.05, 0) is 51.4 Å². The summed E-state index contributed by atoms with van der Waals surface area (Å²) < 4.78 is 17.0. The van der Waals surface area contributed by atoms with Gasteiger partial charge in [-0.15, -0.1) is 0 Å². The molecule has 0 saturated carbocycles. The molecular weight excluding hydrogens is 1010 g/mol. The maximum absolute atomic E-state index is 12.9. The molecule has 82 heavy (non-hydrogen) atoms. The Hall–Kier alpha value is -2.11. The van der Waals surface area contributed by atoms with Crippen LogP contribution in [0.15, 0.2) is 24.3 Å². The molecule has 1 unspecified atom stereocenters. The lowest BCUT2D eigenvalue weighted by Gasteiger charge is -2.18. The largest absolute Gasteiger partial charge is 0.462 e. The summed E-state index contributed by atoms with van der Waals surface area (Å²) in [5, 5.41) is 0. The quantitative estimate of drug-likeness (QED) is 0.0261. The summed E-state index contributed by atoms with van der Waals surface area (Å²) in [5.74, 6) is -0.853. The first kappa shape index (κ1) is 79.9. The summed E-state index contributed by atoms with van der Waals surface area (Å²) in [6.07, 6.45) is 88.1. The maximum Gasteiger partial charge on any atom is 0.306 e. The number of ether oxygens (including phenoxy) is 3. The van der Waals surface area contributed by atoms with Gasteiger partial charge >= 0.3 is 17.9 Å². The average molecular weight is 1150 g/mol. The summed E-state index contributed by atoms with van der Waals surface area (Å²) >= 11 is 0. The van der Waals surface area contributed by atoms with Crippen molar-refractivity contribution in [3.05, 3.63) is 24.3 Å². The summed E-state index contributed by atoms with van der Waals surface area (Å²) in [6.45, 7) is 6.69. The lowest BCUT2D eigenvalue weighted by Crippen LogP contribution is -2.30. The van der Waals surface area contributed by atoms with Gasteiger partial charge in [0.25, 0.3) is 0 Å². The van der Waals surface area contributed by atoms with E-state index in [0.717, 1.165) is 77.0 Å². The Morgan fingerprint density at radius 1 is 0.244 bits per heavy atom. The molecule has 0 aliphatic rings. The summed E-state index contributed by atoms with van der Waals surface area (Å²) in [4.78, 5) is 38.4. The van der Waals surface area contributed by atoms with Crippen LogP contribution < -0.4 is 0 Å². The monoisotopic (exact) mass is 1150 g/mol. The van der Waals surface area contributed by atoms with Crippen LogP contribution in [0.25, 0.3) is 0 Å². The normalized spacial score (nSPS) is 12.1. The first-order chi connectivity index (χ1) is 40.5. The first-order valence-electron chi connectivity index (χ1n) is 37.3. The molecule has 0 heterocycles. The third-order valence-electron chi connectivity index (χ3n) is 17.2. The molecule has 0 aliphatic carbocycles. The van der Waals surface area contributed by atoms with Crippen molar-refractivity contribution in [2.45, 2.75) is 431 Å². The van der Waals surface area contributed by atoms with Crippen molar-refractivity contribution in [2.75, 3.05) is 13.2 Å². The van der Waals surface area contributed by atoms with Crippen molar-refractivity contribution >= 4 is 17.9 Å². The van der Waals surface area contributed by atoms with Crippen LogP contribution in [-0.2, 0) is 28.6 Å². The highest BCUT2D eigenvalue weighted by atomic mass is 16.6. The van der Waals surface area contributed by atoms with E-state index in [4.69, 9.17) is 14.2 Å². The first-order valence-corrected chi connectivity index (χ1v) is 37.3. The second-order valence-corrected chi connectivity index (χ2v) is 25.6. The summed E-state index contributed by atoms with van der Waals surface area (Å²) in [7, 11) is 0. The van der Waals surface area contributed by atoms with E-state index in [1.165, 1.54) is 308 Å². The molecule has 0 amide bonds. The number of allylic oxidation sites excluding steroid dienone is 4. The minimum Gasteiger partial charge on any atom is -0.462 e. The fourth-order valence-corrected chi connectivity index (χ4v) is 11.6. The van der Waals surface area contributed by atoms with E-state index in [0.29, 0.717) is 19.3 Å². The topological polar surface area (TPSA) is 78.9 Å². The lowest BCUT2D eigenvalue weighted by molar-refractivity contribution is -0.167. The second kappa shape index (κ2) is 71.4. The smallest absolute Gasteiger partial charge is 0.306 e. The molecule has 6 nitrogen and oxygen atoms in total. The van der Waals surface area contributed by atoms with Crippen LogP contribution >= 0.6 is 0 Å². The van der Waals surface area contributed by atoms with Crippen molar-refractivity contribution in [3.63, 3.8) is 0 Å². The molecule has 0 aromatic heterocycles. The van der Waals surface area contributed by atoms with Gasteiger partial charge in [0.1, 0.15) is 13.2 Å². The van der Waals surface area contributed by atoms with Gasteiger partial charge in [-0.3, -0.25) is 14.4 Å². The van der Waals surface area contributed by atoms with Gasteiger partial charge in [0.15, 0.2) is 6.10 Å². The van der Waals surface area contributed by atoms with Crippen LogP contribution in [0.3, 0.4) is 0 Å². The Kier molecular flexibility index (Phi) is 69.5. The Morgan fingerprint density at radius 2 is 0.439 bits per heavy atom. The standard InChI is InChI=1S/C76H144O6/c1-4-7-10-13-16-19-22-25-28-29-30-31-32-33-34-35-36-37-38-39-40-41-42-43-44-45-46-49-51-54-57-60-63-66-69-75(78)81-72-73(82-76(79)70-67-64-61-58-55-52-48-27-24-21-18-15-12-9-6-3)71-80-74(77)68-65-62-59-56-53-50-47-26-23-20-17-14-11-8-5-2/h18,21,27,48,73H,4-17,19-20,22-26,28-47,49-72H2,1-3H3/b21-18-,48-27-. The number of carbonyl (C=O) groups excluding carboxylic acids is 3. The zero-order valence-electron chi connectivity index (χ0n) is 55.8. The van der Waals surface area contributed by atoms with Crippen molar-refractivity contribution < 1.29 is 28.6 Å².